The second-order valence-electron chi connectivity index (χ2n) is 6.36. The van der Waals surface area contributed by atoms with Gasteiger partial charge in [0.25, 0.3) is 0 Å². The van der Waals surface area contributed by atoms with E-state index in [0.29, 0.717) is 13.3 Å². The summed E-state index contributed by atoms with van der Waals surface area (Å²) in [6.07, 6.45) is 3.38. The number of thiophene rings is 1. The van der Waals surface area contributed by atoms with E-state index in [4.69, 9.17) is 18.9 Å². The zero-order chi connectivity index (χ0) is 19.0. The van der Waals surface area contributed by atoms with E-state index in [-0.39, 0.29) is 0 Å². The summed E-state index contributed by atoms with van der Waals surface area (Å²) in [6.45, 7) is 2.50. The van der Waals surface area contributed by atoms with Crippen LogP contribution in [0.2, 0.25) is 0 Å². The van der Waals surface area contributed by atoms with Gasteiger partial charge in [-0.1, -0.05) is 12.1 Å². The molecule has 146 valence electrons. The Hall–Kier alpha value is -2.93. The summed E-state index contributed by atoms with van der Waals surface area (Å²) in [5, 5.41) is 8.88. The van der Waals surface area contributed by atoms with Crippen molar-refractivity contribution in [1.29, 1.82) is 0 Å². The molecular weight excluding hydrogens is 374 g/mol. The SMILES string of the molecule is c1coc(CCNC(=NCc2cccs2)NCCc2ccc3c(c2)OCO3)c1. The quantitative estimate of drug-likeness (QED) is 0.449. The summed E-state index contributed by atoms with van der Waals surface area (Å²) in [5.41, 5.74) is 1.20. The number of furan rings is 1. The molecule has 3 aromatic rings. The van der Waals surface area contributed by atoms with Crippen LogP contribution in [-0.2, 0) is 19.4 Å². The largest absolute Gasteiger partial charge is 0.469 e. The third kappa shape index (κ3) is 5.07. The van der Waals surface area contributed by atoms with Crippen molar-refractivity contribution in [2.45, 2.75) is 19.4 Å². The average molecular weight is 398 g/mol. The molecule has 1 aliphatic rings. The van der Waals surface area contributed by atoms with E-state index in [1.165, 1.54) is 10.4 Å². The smallest absolute Gasteiger partial charge is 0.231 e. The number of benzene rings is 1. The molecule has 0 amide bonds. The number of nitrogens with zero attached hydrogens (tertiary/aromatic N) is 1. The summed E-state index contributed by atoms with van der Waals surface area (Å²) in [7, 11) is 0. The molecule has 0 saturated carbocycles. The molecular formula is C21H23N3O3S. The lowest BCUT2D eigenvalue weighted by molar-refractivity contribution is 0.174. The third-order valence-corrected chi connectivity index (χ3v) is 5.22. The van der Waals surface area contributed by atoms with E-state index in [9.17, 15) is 0 Å². The first kappa shape index (κ1) is 18.4. The molecule has 0 spiro atoms. The molecule has 7 heteroatoms. The number of aliphatic imine (C=N–C) groups is 1. The van der Waals surface area contributed by atoms with Crippen molar-refractivity contribution in [2.24, 2.45) is 4.99 Å². The first-order valence-corrected chi connectivity index (χ1v) is 10.2. The molecule has 0 aliphatic carbocycles. The van der Waals surface area contributed by atoms with E-state index in [0.717, 1.165) is 49.1 Å². The Morgan fingerprint density at radius 1 is 1.00 bits per heavy atom. The molecule has 0 fully saturated rings. The Balaban J connectivity index is 1.30. The summed E-state index contributed by atoms with van der Waals surface area (Å²) in [4.78, 5) is 5.94. The van der Waals surface area contributed by atoms with E-state index in [2.05, 4.69) is 28.1 Å². The van der Waals surface area contributed by atoms with Gasteiger partial charge >= 0.3 is 0 Å². The summed E-state index contributed by atoms with van der Waals surface area (Å²) in [6, 6.07) is 14.1. The van der Waals surface area contributed by atoms with E-state index < -0.39 is 0 Å². The summed E-state index contributed by atoms with van der Waals surface area (Å²) < 4.78 is 16.2. The van der Waals surface area contributed by atoms with Gasteiger partial charge in [-0.15, -0.1) is 11.3 Å². The highest BCUT2D eigenvalue weighted by Crippen LogP contribution is 2.32. The van der Waals surface area contributed by atoms with Gasteiger partial charge in [0.2, 0.25) is 6.79 Å². The number of ether oxygens (including phenoxy) is 2. The Bertz CT molecular complexity index is 892. The second-order valence-corrected chi connectivity index (χ2v) is 7.40. The number of nitrogens with one attached hydrogen (secondary N) is 2. The number of rotatable bonds is 8. The zero-order valence-corrected chi connectivity index (χ0v) is 16.3. The Kier molecular flexibility index (Phi) is 6.14. The number of hydrogen-bond acceptors (Lipinski definition) is 5. The first-order valence-electron chi connectivity index (χ1n) is 9.32. The molecule has 4 rings (SSSR count). The Morgan fingerprint density at radius 2 is 1.89 bits per heavy atom. The maximum atomic E-state index is 5.45. The minimum Gasteiger partial charge on any atom is -0.469 e. The Morgan fingerprint density at radius 3 is 2.71 bits per heavy atom. The molecule has 3 heterocycles. The van der Waals surface area contributed by atoms with Gasteiger partial charge < -0.3 is 24.5 Å². The highest BCUT2D eigenvalue weighted by molar-refractivity contribution is 7.09. The van der Waals surface area contributed by atoms with Crippen LogP contribution in [0.25, 0.3) is 0 Å². The minimum atomic E-state index is 0.302. The van der Waals surface area contributed by atoms with Crippen LogP contribution in [0, 0.1) is 0 Å². The Labute approximate surface area is 168 Å². The van der Waals surface area contributed by atoms with Crippen molar-refractivity contribution in [2.75, 3.05) is 19.9 Å². The van der Waals surface area contributed by atoms with Crippen molar-refractivity contribution >= 4 is 17.3 Å². The molecule has 0 unspecified atom stereocenters. The molecule has 0 atom stereocenters. The monoisotopic (exact) mass is 397 g/mol. The van der Waals surface area contributed by atoms with Crippen LogP contribution in [0.4, 0.5) is 0 Å². The maximum absolute atomic E-state index is 5.45. The molecule has 0 radical (unpaired) electrons. The van der Waals surface area contributed by atoms with Crippen LogP contribution < -0.4 is 20.1 Å². The van der Waals surface area contributed by atoms with Crippen LogP contribution in [0.5, 0.6) is 11.5 Å². The fourth-order valence-electron chi connectivity index (χ4n) is 2.91. The van der Waals surface area contributed by atoms with Gasteiger partial charge in [-0.25, -0.2) is 4.99 Å². The van der Waals surface area contributed by atoms with Gasteiger partial charge in [0.1, 0.15) is 5.76 Å². The summed E-state index contributed by atoms with van der Waals surface area (Å²) in [5.74, 6) is 3.40. The van der Waals surface area contributed by atoms with Crippen molar-refractivity contribution < 1.29 is 13.9 Å². The lowest BCUT2D eigenvalue weighted by atomic mass is 10.1. The van der Waals surface area contributed by atoms with Crippen molar-refractivity contribution in [3.05, 3.63) is 70.3 Å². The molecule has 28 heavy (non-hydrogen) atoms. The second kappa shape index (κ2) is 9.32. The minimum absolute atomic E-state index is 0.302. The van der Waals surface area contributed by atoms with Gasteiger partial charge in [0.05, 0.1) is 12.8 Å². The molecule has 1 aliphatic heterocycles. The van der Waals surface area contributed by atoms with E-state index in [1.54, 1.807) is 17.6 Å². The number of fused-ring (bicyclic) bond motifs is 1. The third-order valence-electron chi connectivity index (χ3n) is 4.36. The lowest BCUT2D eigenvalue weighted by Crippen LogP contribution is -2.39. The highest BCUT2D eigenvalue weighted by Gasteiger charge is 2.13. The average Bonchev–Trinajstić information content (AvgIpc) is 3.47. The van der Waals surface area contributed by atoms with Crippen molar-refractivity contribution in [3.8, 4) is 11.5 Å². The van der Waals surface area contributed by atoms with Gasteiger partial charge in [-0.2, -0.15) is 0 Å². The van der Waals surface area contributed by atoms with Crippen LogP contribution in [0.15, 0.2) is 63.5 Å². The molecule has 0 saturated heterocycles. The topological polar surface area (TPSA) is 68.0 Å². The predicted molar refractivity (Wildman–Crippen MR) is 110 cm³/mol. The molecule has 0 bridgehead atoms. The van der Waals surface area contributed by atoms with Crippen LogP contribution >= 0.6 is 11.3 Å². The lowest BCUT2D eigenvalue weighted by Gasteiger charge is -2.12. The number of guanidine groups is 1. The van der Waals surface area contributed by atoms with Crippen molar-refractivity contribution in [1.82, 2.24) is 10.6 Å². The normalized spacial score (nSPS) is 12.9. The fraction of sp³-hybridized carbons (Fsp3) is 0.286. The van der Waals surface area contributed by atoms with Gasteiger partial charge in [0, 0.05) is 24.4 Å². The van der Waals surface area contributed by atoms with Crippen LogP contribution in [0.3, 0.4) is 0 Å². The van der Waals surface area contributed by atoms with E-state index in [1.807, 2.05) is 30.3 Å². The standard InChI is InChI=1S/C21H23N3O3S/c1-3-17(25-11-1)8-10-23-21(24-14-18-4-2-12-28-18)22-9-7-16-5-6-19-20(13-16)27-15-26-19/h1-6,11-13H,7-10,14-15H2,(H2,22,23,24). The number of hydrogen-bond donors (Lipinski definition) is 2. The van der Waals surface area contributed by atoms with Gasteiger partial charge in [-0.3, -0.25) is 0 Å². The molecule has 6 nitrogen and oxygen atoms in total. The summed E-state index contributed by atoms with van der Waals surface area (Å²) >= 11 is 1.72. The first-order chi connectivity index (χ1) is 13.9. The van der Waals surface area contributed by atoms with Gasteiger partial charge in [-0.05, 0) is 47.7 Å². The molecule has 2 N–H and O–H groups in total. The van der Waals surface area contributed by atoms with Crippen LogP contribution in [-0.4, -0.2) is 25.8 Å². The van der Waals surface area contributed by atoms with Gasteiger partial charge in [0.15, 0.2) is 17.5 Å². The van der Waals surface area contributed by atoms with Crippen LogP contribution in [0.1, 0.15) is 16.2 Å². The molecule has 2 aromatic heterocycles. The maximum Gasteiger partial charge on any atom is 0.231 e. The molecule has 1 aromatic carbocycles. The van der Waals surface area contributed by atoms with Crippen molar-refractivity contribution in [3.63, 3.8) is 0 Å². The highest BCUT2D eigenvalue weighted by atomic mass is 32.1. The predicted octanol–water partition coefficient (Wildman–Crippen LogP) is 3.59. The zero-order valence-electron chi connectivity index (χ0n) is 15.5. The van der Waals surface area contributed by atoms with E-state index >= 15 is 0 Å². The fourth-order valence-corrected chi connectivity index (χ4v) is 3.54.